The normalized spacial score (nSPS) is 10.1. The van der Waals surface area contributed by atoms with Crippen molar-refractivity contribution < 1.29 is 19.6 Å². The minimum Gasteiger partial charge on any atom is -0.481 e. The van der Waals surface area contributed by atoms with Gasteiger partial charge >= 0.3 is 5.97 Å². The summed E-state index contributed by atoms with van der Waals surface area (Å²) in [6.45, 7) is 0. The van der Waals surface area contributed by atoms with Crippen molar-refractivity contribution in [2.45, 2.75) is 12.8 Å². The van der Waals surface area contributed by atoms with Crippen molar-refractivity contribution in [1.29, 1.82) is 0 Å². The molecule has 1 N–H and O–H groups in total. The predicted octanol–water partition coefficient (Wildman–Crippen LogP) is 3.40. The van der Waals surface area contributed by atoms with Gasteiger partial charge in [0, 0.05) is 18.6 Å². The average Bonchev–Trinajstić information content (AvgIpc) is 2.47. The summed E-state index contributed by atoms with van der Waals surface area (Å²) in [4.78, 5) is 20.6. The van der Waals surface area contributed by atoms with Crippen molar-refractivity contribution >= 4 is 11.7 Å². The fourth-order valence-electron chi connectivity index (χ4n) is 1.75. The van der Waals surface area contributed by atoms with Crippen molar-refractivity contribution in [2.24, 2.45) is 0 Å². The van der Waals surface area contributed by atoms with Crippen molar-refractivity contribution in [2.75, 3.05) is 0 Å². The molecule has 0 fully saturated rings. The van der Waals surface area contributed by atoms with E-state index in [1.54, 1.807) is 24.3 Å². The number of ether oxygens (including phenoxy) is 1. The van der Waals surface area contributed by atoms with E-state index in [-0.39, 0.29) is 12.1 Å². The van der Waals surface area contributed by atoms with Crippen LogP contribution in [0.15, 0.2) is 48.5 Å². The summed E-state index contributed by atoms with van der Waals surface area (Å²) in [5, 5.41) is 19.2. The van der Waals surface area contributed by atoms with Gasteiger partial charge in [-0.15, -0.1) is 0 Å². The highest BCUT2D eigenvalue weighted by Crippen LogP contribution is 2.24. The Bertz CT molecular complexity index is 634. The fraction of sp³-hybridized carbons (Fsp3) is 0.133. The maximum atomic E-state index is 10.5. The molecule has 0 unspecified atom stereocenters. The Morgan fingerprint density at radius 1 is 1.05 bits per heavy atom. The second-order valence-corrected chi connectivity index (χ2v) is 4.39. The molecule has 0 heterocycles. The van der Waals surface area contributed by atoms with E-state index in [4.69, 9.17) is 9.84 Å². The number of aliphatic carboxylic acids is 1. The van der Waals surface area contributed by atoms with Gasteiger partial charge in [-0.2, -0.15) is 0 Å². The first-order valence-electron chi connectivity index (χ1n) is 6.27. The number of carboxylic acids is 1. The summed E-state index contributed by atoms with van der Waals surface area (Å²) < 4.78 is 5.55. The Morgan fingerprint density at radius 3 is 2.05 bits per heavy atom. The molecule has 0 aliphatic heterocycles. The quantitative estimate of drug-likeness (QED) is 0.649. The third kappa shape index (κ3) is 4.31. The molecule has 0 amide bonds. The van der Waals surface area contributed by atoms with Crippen LogP contribution < -0.4 is 4.74 Å². The molecule has 0 aliphatic rings. The molecule has 0 radical (unpaired) electrons. The second kappa shape index (κ2) is 6.51. The van der Waals surface area contributed by atoms with E-state index >= 15 is 0 Å². The lowest BCUT2D eigenvalue weighted by Gasteiger charge is -2.06. The molecule has 2 aromatic carbocycles. The molecule has 21 heavy (non-hydrogen) atoms. The number of hydrogen-bond donors (Lipinski definition) is 1. The van der Waals surface area contributed by atoms with Gasteiger partial charge in [-0.1, -0.05) is 12.1 Å². The van der Waals surface area contributed by atoms with Crippen LogP contribution in [0.3, 0.4) is 0 Å². The Kier molecular flexibility index (Phi) is 4.50. The van der Waals surface area contributed by atoms with E-state index in [0.29, 0.717) is 17.9 Å². The molecule has 0 saturated heterocycles. The smallest absolute Gasteiger partial charge is 0.303 e. The maximum Gasteiger partial charge on any atom is 0.303 e. The minimum absolute atomic E-state index is 0.00590. The van der Waals surface area contributed by atoms with Gasteiger partial charge in [0.15, 0.2) is 0 Å². The number of benzene rings is 2. The lowest BCUT2D eigenvalue weighted by Crippen LogP contribution is -1.97. The molecular weight excluding hydrogens is 274 g/mol. The number of hydrogen-bond acceptors (Lipinski definition) is 4. The highest BCUT2D eigenvalue weighted by Gasteiger charge is 2.05. The molecule has 108 valence electrons. The van der Waals surface area contributed by atoms with Crippen molar-refractivity contribution in [3.8, 4) is 11.5 Å². The van der Waals surface area contributed by atoms with E-state index in [9.17, 15) is 14.9 Å². The highest BCUT2D eigenvalue weighted by molar-refractivity contribution is 5.67. The summed E-state index contributed by atoms with van der Waals surface area (Å²) in [6.07, 6.45) is 0.551. The SMILES string of the molecule is O=C(O)CCc1ccc(Oc2ccc([N+](=O)[O-])cc2)cc1. The minimum atomic E-state index is -0.832. The largest absolute Gasteiger partial charge is 0.481 e. The number of carboxylic acid groups (broad SMARTS) is 1. The number of carbonyl (C=O) groups is 1. The highest BCUT2D eigenvalue weighted by atomic mass is 16.6. The monoisotopic (exact) mass is 287 g/mol. The topological polar surface area (TPSA) is 89.7 Å². The average molecular weight is 287 g/mol. The zero-order valence-electron chi connectivity index (χ0n) is 11.1. The first-order valence-corrected chi connectivity index (χ1v) is 6.27. The molecule has 6 nitrogen and oxygen atoms in total. The molecule has 2 rings (SSSR count). The molecular formula is C15H13NO5. The zero-order valence-corrected chi connectivity index (χ0v) is 11.1. The van der Waals surface area contributed by atoms with Gasteiger partial charge in [0.1, 0.15) is 11.5 Å². The third-order valence-electron chi connectivity index (χ3n) is 2.83. The molecule has 0 atom stereocenters. The summed E-state index contributed by atoms with van der Waals surface area (Å²) in [7, 11) is 0. The fourth-order valence-corrected chi connectivity index (χ4v) is 1.75. The van der Waals surface area contributed by atoms with E-state index in [0.717, 1.165) is 5.56 Å². The molecule has 0 aliphatic carbocycles. The van der Waals surface area contributed by atoms with Gasteiger partial charge in [-0.25, -0.2) is 0 Å². The zero-order chi connectivity index (χ0) is 15.2. The maximum absolute atomic E-state index is 10.5. The van der Waals surface area contributed by atoms with Crippen LogP contribution in [-0.4, -0.2) is 16.0 Å². The Labute approximate surface area is 120 Å². The van der Waals surface area contributed by atoms with Crippen LogP contribution in [0.25, 0.3) is 0 Å². The second-order valence-electron chi connectivity index (χ2n) is 4.39. The first-order chi connectivity index (χ1) is 10.0. The van der Waals surface area contributed by atoms with Crippen molar-refractivity contribution in [3.05, 3.63) is 64.2 Å². The molecule has 0 aromatic heterocycles. The van der Waals surface area contributed by atoms with Gasteiger partial charge in [0.25, 0.3) is 5.69 Å². The van der Waals surface area contributed by atoms with Crippen molar-refractivity contribution in [1.82, 2.24) is 0 Å². The Hall–Kier alpha value is -2.89. The number of rotatable bonds is 6. The van der Waals surface area contributed by atoms with Gasteiger partial charge in [-0.05, 0) is 36.2 Å². The number of nitrogens with zero attached hydrogens (tertiary/aromatic N) is 1. The van der Waals surface area contributed by atoms with Crippen LogP contribution in [-0.2, 0) is 11.2 Å². The molecule has 0 bridgehead atoms. The van der Waals surface area contributed by atoms with Crippen LogP contribution in [0.4, 0.5) is 5.69 Å². The number of non-ortho nitro benzene ring substituents is 1. The number of nitro benzene ring substituents is 1. The first kappa shape index (κ1) is 14.5. The van der Waals surface area contributed by atoms with Crippen LogP contribution >= 0.6 is 0 Å². The van der Waals surface area contributed by atoms with E-state index in [1.807, 2.05) is 0 Å². The van der Waals surface area contributed by atoms with Crippen LogP contribution in [0.2, 0.25) is 0 Å². The van der Waals surface area contributed by atoms with Crippen LogP contribution in [0, 0.1) is 10.1 Å². The van der Waals surface area contributed by atoms with E-state index in [1.165, 1.54) is 24.3 Å². The van der Waals surface area contributed by atoms with Gasteiger partial charge in [0.2, 0.25) is 0 Å². The summed E-state index contributed by atoms with van der Waals surface area (Å²) in [5.41, 5.74) is 0.916. The third-order valence-corrected chi connectivity index (χ3v) is 2.83. The van der Waals surface area contributed by atoms with Crippen LogP contribution in [0.5, 0.6) is 11.5 Å². The lowest BCUT2D eigenvalue weighted by atomic mass is 10.1. The summed E-state index contributed by atoms with van der Waals surface area (Å²) >= 11 is 0. The molecule has 6 heteroatoms. The van der Waals surface area contributed by atoms with Crippen LogP contribution in [0.1, 0.15) is 12.0 Å². The van der Waals surface area contributed by atoms with E-state index in [2.05, 4.69) is 0 Å². The Balaban J connectivity index is 1.99. The summed E-state index contributed by atoms with van der Waals surface area (Å²) in [5.74, 6) is 0.253. The predicted molar refractivity (Wildman–Crippen MR) is 75.6 cm³/mol. The van der Waals surface area contributed by atoms with Gasteiger partial charge < -0.3 is 9.84 Å². The number of nitro groups is 1. The van der Waals surface area contributed by atoms with Gasteiger partial charge in [-0.3, -0.25) is 14.9 Å². The number of aryl methyl sites for hydroxylation is 1. The molecule has 0 saturated carbocycles. The van der Waals surface area contributed by atoms with Crippen molar-refractivity contribution in [3.63, 3.8) is 0 Å². The Morgan fingerprint density at radius 2 is 1.57 bits per heavy atom. The standard InChI is InChI=1S/C15H13NO5/c17-15(18)10-3-11-1-6-13(7-2-11)21-14-8-4-12(5-9-14)16(19)20/h1-2,4-9H,3,10H2,(H,17,18). The molecule has 2 aromatic rings. The van der Waals surface area contributed by atoms with E-state index < -0.39 is 10.9 Å². The van der Waals surface area contributed by atoms with Gasteiger partial charge in [0.05, 0.1) is 4.92 Å². The molecule has 0 spiro atoms. The summed E-state index contributed by atoms with van der Waals surface area (Å²) in [6, 6.07) is 12.9. The lowest BCUT2D eigenvalue weighted by molar-refractivity contribution is -0.384.